The Morgan fingerprint density at radius 1 is 0.598 bits per heavy atom. The Balaban J connectivity index is 0.000000180. The molecule has 0 aliphatic carbocycles. The summed E-state index contributed by atoms with van der Waals surface area (Å²) in [5, 5.41) is 11.7. The number of benzene rings is 4. The van der Waals surface area contributed by atoms with Gasteiger partial charge in [0.1, 0.15) is 29.5 Å². The minimum absolute atomic E-state index is 0.0312. The molecule has 0 saturated carbocycles. The fraction of sp³-hybridized carbons (Fsp3) is 0.300. The Morgan fingerprint density at radius 2 is 1.06 bits per heavy atom. The lowest BCUT2D eigenvalue weighted by molar-refractivity contribution is -0.137. The fourth-order valence-corrected chi connectivity index (χ4v) is 13.2. The zero-order valence-corrected chi connectivity index (χ0v) is 50.3. The highest BCUT2D eigenvalue weighted by Crippen LogP contribution is 2.40. The summed E-state index contributed by atoms with van der Waals surface area (Å²) in [5.74, 6) is -2.25. The first-order chi connectivity index (χ1) is 41.9. The maximum atomic E-state index is 15.0. The van der Waals surface area contributed by atoms with Crippen molar-refractivity contribution in [2.45, 2.75) is 38.0 Å². The highest BCUT2D eigenvalue weighted by molar-refractivity contribution is 7.12. The predicted octanol–water partition coefficient (Wildman–Crippen LogP) is 8.70. The number of aliphatic imine (C=N–C) groups is 2. The lowest BCUT2D eigenvalue weighted by Gasteiger charge is -2.38. The normalized spacial score (nSPS) is 20.5. The number of urea groups is 2. The van der Waals surface area contributed by atoms with Crippen molar-refractivity contribution >= 4 is 104 Å². The summed E-state index contributed by atoms with van der Waals surface area (Å²) in [7, 11) is 2.58. The number of anilines is 2. The standard InChI is InChI=1S/C30H27ClF2N6O4S.C30H28ClFN6O4S/c1-16(40)17-3-6-24(22(33)11-17)39-14-19-13-37(8-9-38(19)30(39)42)15-23-25(29(41)43-2)26(20-5-4-18(32)12-21(20)31)36-27(35-23)28-34-7-10-44-28;1-17(39)18-3-6-20(7-4-18)38-15-21-14-36(10-11-37(21)30(38)41)16-24-25(29(40)42-2)26(22-8-5-19(32)13-23(22)31)35-27(34-24)28-33-9-12-43-28/h3-7,10-12,19,26H,8-9,13-15H2,1-2H3,(H,35,36);3-9,12-13,21,26H,10-11,14-16H2,1-2H3,(H,34,35)/t19-,26-;21-,26-/m00/s1. The SMILES string of the molecule is COC(=O)C1=C(CN2CCN3C(=O)N(c4ccc(C(C)=O)cc4)C[C@@H]3C2)NC(c2nccs2)=N[C@H]1c1ccc(F)cc1Cl.COC(=O)C1=C(CN2CCN3C(=O)N(c4ccc(C(C)=O)cc4F)C[C@@H]3C2)NC(c2nccs2)=N[C@H]1c1ccc(F)cc1Cl. The monoisotopic (exact) mass is 1260 g/mol. The average molecular weight is 1260 g/mol. The van der Waals surface area contributed by atoms with Gasteiger partial charge in [-0.1, -0.05) is 35.3 Å². The van der Waals surface area contributed by atoms with Crippen molar-refractivity contribution in [2.75, 3.05) is 89.5 Å². The quantitative estimate of drug-likeness (QED) is 0.0771. The number of ketones is 2. The molecule has 4 aromatic carbocycles. The first-order valence-electron chi connectivity index (χ1n) is 27.4. The largest absolute Gasteiger partial charge is 0.466 e. The number of methoxy groups -OCH3 is 2. The molecule has 12 rings (SSSR count). The third-order valence-corrected chi connectivity index (χ3v) is 17.9. The number of aromatic nitrogens is 2. The molecular weight excluding hydrogens is 1210 g/mol. The molecule has 4 fully saturated rings. The fourth-order valence-electron chi connectivity index (χ4n) is 11.5. The number of nitrogens with zero attached hydrogens (tertiary/aromatic N) is 10. The minimum Gasteiger partial charge on any atom is -0.466 e. The number of carbonyl (C=O) groups excluding carboxylic acids is 6. The molecule has 20 nitrogen and oxygen atoms in total. The van der Waals surface area contributed by atoms with E-state index < -0.39 is 41.5 Å². The van der Waals surface area contributed by atoms with Gasteiger partial charge in [-0.05, 0) is 80.6 Å². The number of Topliss-reactive ketones (excluding diaryl/α,β-unsaturated/α-hetero) is 2. The van der Waals surface area contributed by atoms with E-state index >= 15 is 0 Å². The maximum Gasteiger partial charge on any atom is 0.338 e. The lowest BCUT2D eigenvalue weighted by Crippen LogP contribution is -2.53. The van der Waals surface area contributed by atoms with E-state index in [1.807, 2.05) is 10.3 Å². The number of rotatable bonds is 14. The predicted molar refractivity (Wildman–Crippen MR) is 322 cm³/mol. The van der Waals surface area contributed by atoms with Gasteiger partial charge in [-0.25, -0.2) is 42.3 Å². The van der Waals surface area contributed by atoms with E-state index in [-0.39, 0.29) is 81.2 Å². The molecule has 0 spiro atoms. The molecule has 4 atom stereocenters. The van der Waals surface area contributed by atoms with Gasteiger partial charge in [0, 0.05) is 138 Å². The first-order valence-corrected chi connectivity index (χ1v) is 29.9. The molecule has 4 saturated heterocycles. The van der Waals surface area contributed by atoms with Crippen LogP contribution in [0.4, 0.5) is 34.1 Å². The molecule has 2 N–H and O–H groups in total. The topological polar surface area (TPSA) is 215 Å². The van der Waals surface area contributed by atoms with Crippen LogP contribution >= 0.6 is 45.9 Å². The number of nitrogens with one attached hydrogen (secondary N) is 2. The Kier molecular flexibility index (Phi) is 17.7. The highest BCUT2D eigenvalue weighted by Gasteiger charge is 2.45. The average Bonchev–Trinajstić information content (AvgIpc) is 2.21. The minimum atomic E-state index is -0.892. The van der Waals surface area contributed by atoms with Gasteiger partial charge in [-0.3, -0.25) is 39.2 Å². The molecule has 2 aromatic heterocycles. The second-order valence-corrected chi connectivity index (χ2v) is 23.7. The van der Waals surface area contributed by atoms with E-state index in [4.69, 9.17) is 42.7 Å². The molecule has 4 amide bonds. The van der Waals surface area contributed by atoms with E-state index in [1.54, 1.807) is 51.8 Å². The van der Waals surface area contributed by atoms with E-state index in [0.29, 0.717) is 102 Å². The number of carbonyl (C=O) groups is 6. The van der Waals surface area contributed by atoms with Crippen molar-refractivity contribution in [1.82, 2.24) is 40.2 Å². The molecule has 0 bridgehead atoms. The number of amides is 4. The van der Waals surface area contributed by atoms with Crippen LogP contribution in [0, 0.1) is 17.5 Å². The van der Waals surface area contributed by atoms with Crippen LogP contribution in [0.1, 0.15) is 67.8 Å². The number of halogens is 5. The van der Waals surface area contributed by atoms with Gasteiger partial charge < -0.3 is 29.9 Å². The highest BCUT2D eigenvalue weighted by atomic mass is 35.5. The van der Waals surface area contributed by atoms with Crippen molar-refractivity contribution in [1.29, 1.82) is 0 Å². The summed E-state index contributed by atoms with van der Waals surface area (Å²) in [4.78, 5) is 106. The van der Waals surface area contributed by atoms with Gasteiger partial charge >= 0.3 is 24.0 Å². The van der Waals surface area contributed by atoms with Crippen LogP contribution in [0.25, 0.3) is 0 Å². The first kappa shape index (κ1) is 60.4. The van der Waals surface area contributed by atoms with E-state index in [2.05, 4.69) is 30.4 Å². The van der Waals surface area contributed by atoms with Crippen molar-refractivity contribution < 1.29 is 51.4 Å². The third-order valence-electron chi connectivity index (χ3n) is 15.7. The van der Waals surface area contributed by atoms with Gasteiger partial charge in [0.2, 0.25) is 0 Å². The van der Waals surface area contributed by atoms with Gasteiger partial charge in [0.25, 0.3) is 0 Å². The number of thiazole rings is 2. The molecule has 0 radical (unpaired) electrons. The van der Waals surface area contributed by atoms with Gasteiger partial charge in [0.15, 0.2) is 33.3 Å². The van der Waals surface area contributed by atoms with Crippen LogP contribution in [-0.2, 0) is 19.1 Å². The zero-order chi connectivity index (χ0) is 61.4. The Bertz CT molecular complexity index is 3850. The third kappa shape index (κ3) is 12.5. The van der Waals surface area contributed by atoms with Crippen molar-refractivity contribution in [3.63, 3.8) is 0 Å². The number of amidine groups is 2. The van der Waals surface area contributed by atoms with Crippen molar-refractivity contribution in [3.05, 3.63) is 184 Å². The van der Waals surface area contributed by atoms with E-state index in [1.165, 1.54) is 104 Å². The number of piperazine rings is 2. The smallest absolute Gasteiger partial charge is 0.338 e. The van der Waals surface area contributed by atoms with E-state index in [0.717, 1.165) is 11.8 Å². The molecule has 6 aliphatic rings. The van der Waals surface area contributed by atoms with Crippen LogP contribution < -0.4 is 20.4 Å². The van der Waals surface area contributed by atoms with Crippen molar-refractivity contribution in [2.24, 2.45) is 9.98 Å². The second-order valence-electron chi connectivity index (χ2n) is 21.1. The van der Waals surface area contributed by atoms with Crippen LogP contribution in [0.5, 0.6) is 0 Å². The number of hydrogen-bond donors (Lipinski definition) is 2. The summed E-state index contributed by atoms with van der Waals surface area (Å²) in [6.07, 6.45) is 3.31. The summed E-state index contributed by atoms with van der Waals surface area (Å²) in [5.41, 5.74) is 4.17. The van der Waals surface area contributed by atoms with Crippen LogP contribution in [0.15, 0.2) is 135 Å². The molecule has 6 aromatic rings. The molecular formula is C60H55Cl2F3N12O8S2. The van der Waals surface area contributed by atoms with E-state index in [9.17, 15) is 41.9 Å². The van der Waals surface area contributed by atoms with Crippen LogP contribution in [0.2, 0.25) is 10.0 Å². The number of fused-ring (bicyclic) bond motifs is 2. The summed E-state index contributed by atoms with van der Waals surface area (Å²) in [6.45, 7) is 7.18. The lowest BCUT2D eigenvalue weighted by atomic mass is 9.95. The zero-order valence-electron chi connectivity index (χ0n) is 47.1. The number of hydrogen-bond acceptors (Lipinski definition) is 18. The van der Waals surface area contributed by atoms with Gasteiger partial charge in [0.05, 0.1) is 43.1 Å². The van der Waals surface area contributed by atoms with Gasteiger partial charge in [-0.15, -0.1) is 22.7 Å². The Morgan fingerprint density at radius 3 is 1.48 bits per heavy atom. The maximum absolute atomic E-state index is 15.0. The summed E-state index contributed by atoms with van der Waals surface area (Å²) in [6, 6.07) is 16.7. The Labute approximate surface area is 515 Å². The van der Waals surface area contributed by atoms with Crippen molar-refractivity contribution in [3.8, 4) is 0 Å². The van der Waals surface area contributed by atoms with Gasteiger partial charge in [-0.2, -0.15) is 0 Å². The number of ether oxygens (including phenoxy) is 2. The molecule has 87 heavy (non-hydrogen) atoms. The molecule has 27 heteroatoms. The Hall–Kier alpha value is -8.33. The molecule has 450 valence electrons. The molecule has 8 heterocycles. The summed E-state index contributed by atoms with van der Waals surface area (Å²) < 4.78 is 53.2. The summed E-state index contributed by atoms with van der Waals surface area (Å²) >= 11 is 15.7. The molecule has 0 unspecified atom stereocenters. The second kappa shape index (κ2) is 25.6. The molecule has 6 aliphatic heterocycles. The van der Waals surface area contributed by atoms with Crippen LogP contribution in [-0.4, -0.2) is 169 Å². The van der Waals surface area contributed by atoms with Crippen LogP contribution in [0.3, 0.4) is 0 Å². The number of esters is 2.